The summed E-state index contributed by atoms with van der Waals surface area (Å²) < 4.78 is 12.9. The van der Waals surface area contributed by atoms with Gasteiger partial charge in [0.05, 0.1) is 11.6 Å². The molecule has 22 heavy (non-hydrogen) atoms. The summed E-state index contributed by atoms with van der Waals surface area (Å²) >= 11 is 5.74. The molecule has 0 radical (unpaired) electrons. The van der Waals surface area contributed by atoms with Gasteiger partial charge < -0.3 is 15.5 Å². The van der Waals surface area contributed by atoms with E-state index in [9.17, 15) is 19.4 Å². The molecule has 6 heteroatoms. The van der Waals surface area contributed by atoms with Crippen LogP contribution in [0.1, 0.15) is 22.8 Å². The van der Waals surface area contributed by atoms with E-state index in [-0.39, 0.29) is 22.9 Å². The molecule has 0 fully saturated rings. The van der Waals surface area contributed by atoms with Gasteiger partial charge in [0.2, 0.25) is 0 Å². The standard InChI is InChI=1S/C16H15ClFNO3/c1-16(22,11-3-5-12(18)6-4-11)9-19-15(21)10-2-7-14(20)13(17)8-10/h2-8,20,22H,9H2,1H3,(H,19,21). The quantitative estimate of drug-likeness (QED) is 0.810. The minimum atomic E-state index is -1.34. The summed E-state index contributed by atoms with van der Waals surface area (Å²) in [5.74, 6) is -0.955. The molecule has 1 amide bonds. The summed E-state index contributed by atoms with van der Waals surface area (Å²) in [6.45, 7) is 1.46. The largest absolute Gasteiger partial charge is 0.506 e. The number of carbonyl (C=O) groups is 1. The predicted octanol–water partition coefficient (Wildman–Crippen LogP) is 2.82. The number of carbonyl (C=O) groups excluding carboxylic acids is 1. The van der Waals surface area contributed by atoms with Crippen molar-refractivity contribution >= 4 is 17.5 Å². The van der Waals surface area contributed by atoms with E-state index in [0.29, 0.717) is 5.56 Å². The van der Waals surface area contributed by atoms with Crippen LogP contribution in [0.2, 0.25) is 5.02 Å². The molecule has 1 atom stereocenters. The van der Waals surface area contributed by atoms with Gasteiger partial charge in [-0.3, -0.25) is 4.79 Å². The zero-order chi connectivity index (χ0) is 16.3. The maximum absolute atomic E-state index is 12.9. The highest BCUT2D eigenvalue weighted by Gasteiger charge is 2.24. The molecule has 0 aliphatic carbocycles. The smallest absolute Gasteiger partial charge is 0.251 e. The summed E-state index contributed by atoms with van der Waals surface area (Å²) in [6.07, 6.45) is 0. The number of hydrogen-bond donors (Lipinski definition) is 3. The van der Waals surface area contributed by atoms with Crippen LogP contribution in [0.25, 0.3) is 0 Å². The zero-order valence-corrected chi connectivity index (χ0v) is 12.6. The number of nitrogens with one attached hydrogen (secondary N) is 1. The van der Waals surface area contributed by atoms with E-state index in [2.05, 4.69) is 5.32 Å². The first-order valence-corrected chi connectivity index (χ1v) is 6.92. The van der Waals surface area contributed by atoms with Crippen LogP contribution in [0.3, 0.4) is 0 Å². The predicted molar refractivity (Wildman–Crippen MR) is 81.4 cm³/mol. The van der Waals surface area contributed by atoms with Crippen LogP contribution in [0.15, 0.2) is 42.5 Å². The normalized spacial score (nSPS) is 13.5. The first-order valence-electron chi connectivity index (χ1n) is 6.55. The molecule has 0 aromatic heterocycles. The van der Waals surface area contributed by atoms with Crippen molar-refractivity contribution in [1.82, 2.24) is 5.32 Å². The van der Waals surface area contributed by atoms with Gasteiger partial charge in [-0.25, -0.2) is 4.39 Å². The van der Waals surface area contributed by atoms with E-state index in [0.717, 1.165) is 0 Å². The summed E-state index contributed by atoms with van der Waals surface area (Å²) in [7, 11) is 0. The first-order chi connectivity index (χ1) is 10.3. The summed E-state index contributed by atoms with van der Waals surface area (Å²) in [5.41, 5.74) is -0.597. The Balaban J connectivity index is 2.06. The lowest BCUT2D eigenvalue weighted by molar-refractivity contribution is 0.0526. The minimum absolute atomic E-state index is 0.0596. The number of phenols is 1. The molecule has 2 rings (SSSR count). The van der Waals surface area contributed by atoms with Crippen LogP contribution in [0, 0.1) is 5.82 Å². The molecule has 0 saturated heterocycles. The third kappa shape index (κ3) is 3.75. The Hall–Kier alpha value is -2.11. The van der Waals surface area contributed by atoms with Gasteiger partial charge in [0.25, 0.3) is 5.91 Å². The van der Waals surface area contributed by atoms with Crippen molar-refractivity contribution in [3.8, 4) is 5.75 Å². The summed E-state index contributed by atoms with van der Waals surface area (Å²) in [5, 5.41) is 22.3. The molecule has 2 aromatic carbocycles. The van der Waals surface area contributed by atoms with E-state index in [1.54, 1.807) is 0 Å². The fraction of sp³-hybridized carbons (Fsp3) is 0.188. The van der Waals surface area contributed by atoms with Crippen LogP contribution in [0.5, 0.6) is 5.75 Å². The average molecular weight is 324 g/mol. The highest BCUT2D eigenvalue weighted by molar-refractivity contribution is 6.32. The fourth-order valence-electron chi connectivity index (χ4n) is 1.91. The summed E-state index contributed by atoms with van der Waals surface area (Å²) in [4.78, 5) is 12.0. The van der Waals surface area contributed by atoms with Crippen molar-refractivity contribution in [3.63, 3.8) is 0 Å². The Labute approximate surface area is 132 Å². The Bertz CT molecular complexity index is 686. The van der Waals surface area contributed by atoms with E-state index < -0.39 is 17.3 Å². The van der Waals surface area contributed by atoms with Gasteiger partial charge in [0.1, 0.15) is 17.2 Å². The molecule has 116 valence electrons. The highest BCUT2D eigenvalue weighted by atomic mass is 35.5. The number of hydrogen-bond acceptors (Lipinski definition) is 3. The molecule has 0 aliphatic rings. The van der Waals surface area contributed by atoms with Gasteiger partial charge >= 0.3 is 0 Å². The first kappa shape index (κ1) is 16.3. The Morgan fingerprint density at radius 3 is 2.50 bits per heavy atom. The van der Waals surface area contributed by atoms with Gasteiger partial charge in [0.15, 0.2) is 0 Å². The number of amides is 1. The average Bonchev–Trinajstić information content (AvgIpc) is 2.48. The van der Waals surface area contributed by atoms with E-state index >= 15 is 0 Å². The molecule has 0 aliphatic heterocycles. The van der Waals surface area contributed by atoms with Crippen molar-refractivity contribution in [1.29, 1.82) is 0 Å². The molecule has 4 nitrogen and oxygen atoms in total. The maximum atomic E-state index is 12.9. The van der Waals surface area contributed by atoms with Gasteiger partial charge in [-0.15, -0.1) is 0 Å². The second-order valence-corrected chi connectivity index (χ2v) is 5.54. The number of aromatic hydroxyl groups is 1. The van der Waals surface area contributed by atoms with Gasteiger partial charge in [-0.05, 0) is 42.8 Å². The molecular formula is C16H15ClFNO3. The molecule has 3 N–H and O–H groups in total. The third-order valence-corrected chi connectivity index (χ3v) is 3.57. The fourth-order valence-corrected chi connectivity index (χ4v) is 2.09. The second kappa shape index (κ2) is 6.34. The van der Waals surface area contributed by atoms with Crippen molar-refractivity contribution < 1.29 is 19.4 Å². The summed E-state index contributed by atoms with van der Waals surface area (Å²) in [6, 6.07) is 9.46. The lowest BCUT2D eigenvalue weighted by atomic mass is 9.96. The molecular weight excluding hydrogens is 309 g/mol. The van der Waals surface area contributed by atoms with Crippen LogP contribution in [-0.4, -0.2) is 22.7 Å². The Morgan fingerprint density at radius 1 is 1.27 bits per heavy atom. The van der Waals surface area contributed by atoms with Crippen LogP contribution >= 0.6 is 11.6 Å². The minimum Gasteiger partial charge on any atom is -0.506 e. The SMILES string of the molecule is CC(O)(CNC(=O)c1ccc(O)c(Cl)c1)c1ccc(F)cc1. The van der Waals surface area contributed by atoms with Crippen molar-refractivity contribution in [2.24, 2.45) is 0 Å². The number of benzene rings is 2. The topological polar surface area (TPSA) is 69.6 Å². The van der Waals surface area contributed by atoms with Crippen molar-refractivity contribution in [2.45, 2.75) is 12.5 Å². The number of halogens is 2. The van der Waals surface area contributed by atoms with Crippen LogP contribution < -0.4 is 5.32 Å². The molecule has 0 spiro atoms. The monoisotopic (exact) mass is 323 g/mol. The Morgan fingerprint density at radius 2 is 1.91 bits per heavy atom. The zero-order valence-electron chi connectivity index (χ0n) is 11.8. The van der Waals surface area contributed by atoms with E-state index in [1.165, 1.54) is 49.4 Å². The molecule has 0 heterocycles. The van der Waals surface area contributed by atoms with Gasteiger partial charge in [0, 0.05) is 5.56 Å². The van der Waals surface area contributed by atoms with Crippen LogP contribution in [-0.2, 0) is 5.60 Å². The van der Waals surface area contributed by atoms with Gasteiger partial charge in [-0.1, -0.05) is 23.7 Å². The van der Waals surface area contributed by atoms with Crippen molar-refractivity contribution in [2.75, 3.05) is 6.54 Å². The van der Waals surface area contributed by atoms with Crippen LogP contribution in [0.4, 0.5) is 4.39 Å². The lowest BCUT2D eigenvalue weighted by Gasteiger charge is -2.24. The van der Waals surface area contributed by atoms with E-state index in [4.69, 9.17) is 11.6 Å². The Kier molecular flexibility index (Phi) is 4.68. The second-order valence-electron chi connectivity index (χ2n) is 5.13. The molecule has 2 aromatic rings. The lowest BCUT2D eigenvalue weighted by Crippen LogP contribution is -2.38. The molecule has 0 bridgehead atoms. The third-order valence-electron chi connectivity index (χ3n) is 3.27. The maximum Gasteiger partial charge on any atom is 0.251 e. The van der Waals surface area contributed by atoms with Crippen molar-refractivity contribution in [3.05, 3.63) is 64.4 Å². The molecule has 1 unspecified atom stereocenters. The number of phenolic OH excluding ortho intramolecular Hbond substituents is 1. The highest BCUT2D eigenvalue weighted by Crippen LogP contribution is 2.24. The van der Waals surface area contributed by atoms with E-state index in [1.807, 2.05) is 0 Å². The molecule has 0 saturated carbocycles. The number of aliphatic hydroxyl groups is 1. The van der Waals surface area contributed by atoms with Gasteiger partial charge in [-0.2, -0.15) is 0 Å². The number of rotatable bonds is 4.